The van der Waals surface area contributed by atoms with Gasteiger partial charge in [-0.3, -0.25) is 0 Å². The lowest BCUT2D eigenvalue weighted by molar-refractivity contribution is 0.110. The van der Waals surface area contributed by atoms with Gasteiger partial charge in [-0.15, -0.1) is 11.6 Å². The molecule has 0 aliphatic carbocycles. The second-order valence-corrected chi connectivity index (χ2v) is 6.27. The standard InChI is InChI=1S/C12H24ClNO/c1-12(2,3)7-10(13)8-14-9-11-5-4-6-15-11/h10-11,14H,4-9H2,1-3H3. The summed E-state index contributed by atoms with van der Waals surface area (Å²) in [6, 6.07) is 0. The van der Waals surface area contributed by atoms with Crippen molar-refractivity contribution in [3.8, 4) is 0 Å². The highest BCUT2D eigenvalue weighted by molar-refractivity contribution is 6.20. The van der Waals surface area contributed by atoms with Gasteiger partial charge < -0.3 is 10.1 Å². The Morgan fingerprint density at radius 1 is 1.47 bits per heavy atom. The van der Waals surface area contributed by atoms with Gasteiger partial charge in [-0.05, 0) is 24.7 Å². The Kier molecular flexibility index (Phi) is 5.37. The van der Waals surface area contributed by atoms with E-state index in [1.165, 1.54) is 12.8 Å². The molecule has 1 saturated heterocycles. The highest BCUT2D eigenvalue weighted by atomic mass is 35.5. The van der Waals surface area contributed by atoms with Crippen molar-refractivity contribution in [3.63, 3.8) is 0 Å². The molecule has 2 atom stereocenters. The van der Waals surface area contributed by atoms with Crippen molar-refractivity contribution in [3.05, 3.63) is 0 Å². The molecule has 15 heavy (non-hydrogen) atoms. The van der Waals surface area contributed by atoms with Crippen LogP contribution in [0.1, 0.15) is 40.0 Å². The summed E-state index contributed by atoms with van der Waals surface area (Å²) in [5, 5.41) is 3.62. The Labute approximate surface area is 98.7 Å². The summed E-state index contributed by atoms with van der Waals surface area (Å²) in [5.74, 6) is 0. The lowest BCUT2D eigenvalue weighted by Crippen LogP contribution is -2.32. The van der Waals surface area contributed by atoms with Crippen LogP contribution >= 0.6 is 11.6 Å². The van der Waals surface area contributed by atoms with Gasteiger partial charge in [-0.1, -0.05) is 20.8 Å². The lowest BCUT2D eigenvalue weighted by Gasteiger charge is -2.22. The average Bonchev–Trinajstić information content (AvgIpc) is 2.53. The van der Waals surface area contributed by atoms with Crippen LogP contribution < -0.4 is 5.32 Å². The van der Waals surface area contributed by atoms with Crippen molar-refractivity contribution in [1.29, 1.82) is 0 Å². The molecule has 0 spiro atoms. The Hall–Kier alpha value is 0.210. The van der Waals surface area contributed by atoms with E-state index in [1.807, 2.05) is 0 Å². The second kappa shape index (κ2) is 6.07. The van der Waals surface area contributed by atoms with Gasteiger partial charge in [0.05, 0.1) is 6.10 Å². The fraction of sp³-hybridized carbons (Fsp3) is 1.00. The van der Waals surface area contributed by atoms with Crippen LogP contribution in [0.5, 0.6) is 0 Å². The molecule has 0 radical (unpaired) electrons. The van der Waals surface area contributed by atoms with Crippen molar-refractivity contribution >= 4 is 11.6 Å². The van der Waals surface area contributed by atoms with Crippen molar-refractivity contribution in [1.82, 2.24) is 5.32 Å². The van der Waals surface area contributed by atoms with E-state index in [0.717, 1.165) is 26.1 Å². The number of nitrogens with one attached hydrogen (secondary N) is 1. The van der Waals surface area contributed by atoms with Crippen molar-refractivity contribution in [2.75, 3.05) is 19.7 Å². The van der Waals surface area contributed by atoms with Crippen molar-refractivity contribution in [2.45, 2.75) is 51.5 Å². The van der Waals surface area contributed by atoms with Crippen LogP contribution in [-0.2, 0) is 4.74 Å². The molecule has 1 fully saturated rings. The first-order chi connectivity index (χ1) is 6.97. The third-order valence-electron chi connectivity index (χ3n) is 2.60. The van der Waals surface area contributed by atoms with E-state index >= 15 is 0 Å². The third-order valence-corrected chi connectivity index (χ3v) is 2.90. The number of hydrogen-bond acceptors (Lipinski definition) is 2. The molecule has 0 bridgehead atoms. The van der Waals surface area contributed by atoms with E-state index in [4.69, 9.17) is 16.3 Å². The minimum absolute atomic E-state index is 0.228. The maximum Gasteiger partial charge on any atom is 0.0700 e. The molecule has 1 aliphatic rings. The van der Waals surface area contributed by atoms with E-state index in [9.17, 15) is 0 Å². The summed E-state index contributed by atoms with van der Waals surface area (Å²) in [5.41, 5.74) is 0.317. The largest absolute Gasteiger partial charge is 0.377 e. The van der Waals surface area contributed by atoms with Gasteiger partial charge in [0.1, 0.15) is 0 Å². The summed E-state index contributed by atoms with van der Waals surface area (Å²) in [4.78, 5) is 0. The Morgan fingerprint density at radius 3 is 2.73 bits per heavy atom. The smallest absolute Gasteiger partial charge is 0.0700 e. The van der Waals surface area contributed by atoms with Gasteiger partial charge >= 0.3 is 0 Å². The quantitative estimate of drug-likeness (QED) is 0.738. The van der Waals surface area contributed by atoms with Gasteiger partial charge in [0, 0.05) is 25.1 Å². The van der Waals surface area contributed by atoms with Gasteiger partial charge in [0.25, 0.3) is 0 Å². The predicted molar refractivity (Wildman–Crippen MR) is 65.6 cm³/mol. The number of rotatable bonds is 5. The highest BCUT2D eigenvalue weighted by Crippen LogP contribution is 2.23. The van der Waals surface area contributed by atoms with E-state index in [-0.39, 0.29) is 5.38 Å². The average molecular weight is 234 g/mol. The van der Waals surface area contributed by atoms with Crippen LogP contribution in [0.25, 0.3) is 0 Å². The number of ether oxygens (including phenoxy) is 1. The molecule has 1 aliphatic heterocycles. The monoisotopic (exact) mass is 233 g/mol. The fourth-order valence-electron chi connectivity index (χ4n) is 1.94. The van der Waals surface area contributed by atoms with Crippen molar-refractivity contribution in [2.24, 2.45) is 5.41 Å². The van der Waals surface area contributed by atoms with Gasteiger partial charge in [0.2, 0.25) is 0 Å². The van der Waals surface area contributed by atoms with Gasteiger partial charge in [0.15, 0.2) is 0 Å². The SMILES string of the molecule is CC(C)(C)CC(Cl)CNCC1CCCO1. The summed E-state index contributed by atoms with van der Waals surface area (Å²) in [7, 11) is 0. The van der Waals surface area contributed by atoms with Crippen LogP contribution in [0.4, 0.5) is 0 Å². The molecular formula is C12H24ClNO. The fourth-order valence-corrected chi connectivity index (χ4v) is 2.51. The summed E-state index contributed by atoms with van der Waals surface area (Å²) in [6.45, 7) is 9.44. The number of hydrogen-bond donors (Lipinski definition) is 1. The molecule has 0 aromatic carbocycles. The Balaban J connectivity index is 2.03. The van der Waals surface area contributed by atoms with E-state index in [2.05, 4.69) is 26.1 Å². The summed E-state index contributed by atoms with van der Waals surface area (Å²) < 4.78 is 5.53. The Bertz CT molecular complexity index is 173. The zero-order chi connectivity index (χ0) is 11.3. The molecule has 2 nitrogen and oxygen atoms in total. The zero-order valence-electron chi connectivity index (χ0n) is 10.2. The topological polar surface area (TPSA) is 21.3 Å². The molecule has 0 amide bonds. The summed E-state index contributed by atoms with van der Waals surface area (Å²) in [6.07, 6.45) is 3.87. The molecular weight excluding hydrogens is 210 g/mol. The first-order valence-corrected chi connectivity index (χ1v) is 6.37. The molecule has 0 aromatic rings. The molecule has 2 unspecified atom stereocenters. The molecule has 3 heteroatoms. The molecule has 0 saturated carbocycles. The van der Waals surface area contributed by atoms with Crippen LogP contribution in [0.3, 0.4) is 0 Å². The number of alkyl halides is 1. The van der Waals surface area contributed by atoms with Crippen molar-refractivity contribution < 1.29 is 4.74 Å². The maximum atomic E-state index is 6.25. The molecule has 0 aromatic heterocycles. The van der Waals surface area contributed by atoms with E-state index < -0.39 is 0 Å². The predicted octanol–water partition coefficient (Wildman–Crippen LogP) is 2.80. The zero-order valence-corrected chi connectivity index (χ0v) is 10.9. The minimum atomic E-state index is 0.228. The van der Waals surface area contributed by atoms with Crippen LogP contribution in [0.2, 0.25) is 0 Å². The normalized spacial score (nSPS) is 24.4. The number of halogens is 1. The van der Waals surface area contributed by atoms with Crippen LogP contribution in [-0.4, -0.2) is 31.2 Å². The third kappa shape index (κ3) is 6.39. The van der Waals surface area contributed by atoms with Gasteiger partial charge in [-0.2, -0.15) is 0 Å². The molecule has 1 rings (SSSR count). The summed E-state index contributed by atoms with van der Waals surface area (Å²) >= 11 is 6.25. The van der Waals surface area contributed by atoms with E-state index in [1.54, 1.807) is 0 Å². The second-order valence-electron chi connectivity index (χ2n) is 5.66. The van der Waals surface area contributed by atoms with E-state index in [0.29, 0.717) is 11.5 Å². The van der Waals surface area contributed by atoms with Gasteiger partial charge in [-0.25, -0.2) is 0 Å². The van der Waals surface area contributed by atoms with Crippen LogP contribution in [0.15, 0.2) is 0 Å². The Morgan fingerprint density at radius 2 is 2.20 bits per heavy atom. The first kappa shape index (κ1) is 13.3. The van der Waals surface area contributed by atoms with Crippen LogP contribution in [0, 0.1) is 5.41 Å². The highest BCUT2D eigenvalue weighted by Gasteiger charge is 2.18. The minimum Gasteiger partial charge on any atom is -0.377 e. The molecule has 1 N–H and O–H groups in total. The first-order valence-electron chi connectivity index (χ1n) is 5.94. The molecule has 90 valence electrons. The lowest BCUT2D eigenvalue weighted by atomic mass is 9.90. The molecule has 1 heterocycles. The maximum absolute atomic E-state index is 6.25.